The number of carbonyl (C=O) groups is 4. The highest BCUT2D eigenvalue weighted by Crippen LogP contribution is 2.34. The fourth-order valence-electron chi connectivity index (χ4n) is 4.95. The van der Waals surface area contributed by atoms with Crippen molar-refractivity contribution in [3.63, 3.8) is 0 Å². The molecule has 3 atom stereocenters. The maximum Gasteiger partial charge on any atom is 0.312 e. The van der Waals surface area contributed by atoms with Crippen molar-refractivity contribution in [3.8, 4) is 5.75 Å². The van der Waals surface area contributed by atoms with E-state index in [1.807, 2.05) is 50.3 Å². The minimum absolute atomic E-state index is 0.0292. The van der Waals surface area contributed by atoms with E-state index in [-0.39, 0.29) is 6.61 Å². The van der Waals surface area contributed by atoms with Gasteiger partial charge in [-0.05, 0) is 87.4 Å². The summed E-state index contributed by atoms with van der Waals surface area (Å²) < 4.78 is 22.6. The molecule has 9 heteroatoms. The number of hydrogen-bond acceptors (Lipinski definition) is 8. The van der Waals surface area contributed by atoms with Crippen molar-refractivity contribution in [2.45, 2.75) is 106 Å². The maximum absolute atomic E-state index is 12.1. The second-order valence-electron chi connectivity index (χ2n) is 12.1. The van der Waals surface area contributed by atoms with Gasteiger partial charge in [-0.2, -0.15) is 0 Å². The van der Waals surface area contributed by atoms with Crippen LogP contribution < -0.4 is 4.74 Å². The van der Waals surface area contributed by atoms with Crippen molar-refractivity contribution >= 4 is 30.0 Å². The first-order valence-corrected chi connectivity index (χ1v) is 15.3. The van der Waals surface area contributed by atoms with Crippen molar-refractivity contribution in [2.24, 2.45) is 5.41 Å². The van der Waals surface area contributed by atoms with Gasteiger partial charge in [-0.1, -0.05) is 43.7 Å². The third kappa shape index (κ3) is 12.1. The van der Waals surface area contributed by atoms with Crippen molar-refractivity contribution in [1.82, 2.24) is 0 Å². The Kier molecular flexibility index (Phi) is 14.0. The second-order valence-corrected chi connectivity index (χ2v) is 12.1. The SMILES string of the molecule is CCCc1cc(OC(C)=O)c(C(C)OC(COC(C)=O)CC(C)OC(C)=O)cc1Cc1ccc(C=CC(C)(C)C(=O)O)cc1C. The van der Waals surface area contributed by atoms with E-state index in [4.69, 9.17) is 18.9 Å². The predicted molar refractivity (Wildman–Crippen MR) is 172 cm³/mol. The molecular formula is C36H48O9. The molecule has 0 bridgehead atoms. The number of carboxylic acids is 1. The Hall–Kier alpha value is -3.98. The third-order valence-corrected chi connectivity index (χ3v) is 7.37. The van der Waals surface area contributed by atoms with Gasteiger partial charge in [0.1, 0.15) is 18.5 Å². The van der Waals surface area contributed by atoms with Crippen LogP contribution in [0.2, 0.25) is 0 Å². The molecule has 2 aromatic carbocycles. The molecule has 0 fully saturated rings. The van der Waals surface area contributed by atoms with E-state index in [1.54, 1.807) is 26.8 Å². The van der Waals surface area contributed by atoms with Gasteiger partial charge in [0.05, 0.1) is 17.6 Å². The average molecular weight is 625 g/mol. The highest BCUT2D eigenvalue weighted by atomic mass is 16.6. The number of aliphatic carboxylic acids is 1. The molecule has 1 N–H and O–H groups in total. The molecule has 3 unspecified atom stereocenters. The van der Waals surface area contributed by atoms with Crippen LogP contribution in [0.4, 0.5) is 0 Å². The lowest BCUT2D eigenvalue weighted by molar-refractivity contribution is -0.154. The van der Waals surface area contributed by atoms with Crippen LogP contribution in [0.15, 0.2) is 36.4 Å². The summed E-state index contributed by atoms with van der Waals surface area (Å²) in [6, 6.07) is 9.96. The number of hydrogen-bond donors (Lipinski definition) is 1. The first kappa shape index (κ1) is 37.2. The molecule has 0 saturated heterocycles. The summed E-state index contributed by atoms with van der Waals surface area (Å²) in [6.07, 6.45) is 4.47. The first-order valence-electron chi connectivity index (χ1n) is 15.3. The molecule has 0 aliphatic carbocycles. The lowest BCUT2D eigenvalue weighted by atomic mass is 9.90. The van der Waals surface area contributed by atoms with Gasteiger partial charge in [0.2, 0.25) is 0 Å². The molecule has 246 valence electrons. The monoisotopic (exact) mass is 624 g/mol. The zero-order valence-electron chi connectivity index (χ0n) is 28.0. The molecule has 0 saturated carbocycles. The molecule has 9 nitrogen and oxygen atoms in total. The molecule has 2 rings (SSSR count). The molecule has 0 heterocycles. The first-order chi connectivity index (χ1) is 21.0. The summed E-state index contributed by atoms with van der Waals surface area (Å²) in [5.41, 5.74) is 4.87. The molecule has 45 heavy (non-hydrogen) atoms. The van der Waals surface area contributed by atoms with Gasteiger partial charge in [-0.25, -0.2) is 0 Å². The van der Waals surface area contributed by atoms with E-state index in [1.165, 1.54) is 20.8 Å². The van der Waals surface area contributed by atoms with E-state index < -0.39 is 47.6 Å². The number of esters is 3. The van der Waals surface area contributed by atoms with Gasteiger partial charge in [0.15, 0.2) is 0 Å². The Morgan fingerprint density at radius 2 is 1.62 bits per heavy atom. The van der Waals surface area contributed by atoms with Gasteiger partial charge in [0, 0.05) is 32.8 Å². The Morgan fingerprint density at radius 1 is 0.933 bits per heavy atom. The van der Waals surface area contributed by atoms with Gasteiger partial charge in [0.25, 0.3) is 0 Å². The molecule has 0 aliphatic heterocycles. The van der Waals surface area contributed by atoms with Crippen molar-refractivity contribution in [1.29, 1.82) is 0 Å². The van der Waals surface area contributed by atoms with Crippen LogP contribution in [-0.4, -0.2) is 47.8 Å². The summed E-state index contributed by atoms with van der Waals surface area (Å²) in [6.45, 7) is 15.0. The molecule has 0 aromatic heterocycles. The van der Waals surface area contributed by atoms with E-state index in [9.17, 15) is 24.3 Å². The summed E-state index contributed by atoms with van der Waals surface area (Å²) in [5.74, 6) is -1.81. The molecule has 2 aromatic rings. The van der Waals surface area contributed by atoms with E-state index >= 15 is 0 Å². The maximum atomic E-state index is 12.1. The standard InChI is InChI=1S/C36H48O9/c1-10-11-30-20-34(45-27(7)39)33(24(4)44-32(21-42-25(5)37)17-23(3)43-26(6)38)19-31(30)18-29-13-12-28(16-22(29)2)14-15-36(8,9)35(40)41/h12-16,19-20,23-24,32H,10-11,17-18,21H2,1-9H3,(H,40,41). The van der Waals surface area contributed by atoms with Crippen LogP contribution in [0, 0.1) is 12.3 Å². The lowest BCUT2D eigenvalue weighted by Gasteiger charge is -2.26. The quantitative estimate of drug-likeness (QED) is 0.156. The molecule has 0 radical (unpaired) electrons. The smallest absolute Gasteiger partial charge is 0.312 e. The van der Waals surface area contributed by atoms with Crippen LogP contribution in [-0.2, 0) is 46.2 Å². The fraction of sp³-hybridized carbons (Fsp3) is 0.500. The Bertz CT molecular complexity index is 1390. The summed E-state index contributed by atoms with van der Waals surface area (Å²) in [4.78, 5) is 46.6. The zero-order chi connectivity index (χ0) is 33.9. The van der Waals surface area contributed by atoms with E-state index in [0.29, 0.717) is 24.2 Å². The van der Waals surface area contributed by atoms with Crippen molar-refractivity contribution in [2.75, 3.05) is 6.61 Å². The van der Waals surface area contributed by atoms with Gasteiger partial charge >= 0.3 is 23.9 Å². The Morgan fingerprint density at radius 3 is 2.18 bits per heavy atom. The number of carbonyl (C=O) groups excluding carboxylic acids is 3. The van der Waals surface area contributed by atoms with Crippen LogP contribution in [0.1, 0.15) is 108 Å². The van der Waals surface area contributed by atoms with E-state index in [0.717, 1.165) is 40.7 Å². The zero-order valence-corrected chi connectivity index (χ0v) is 28.0. The summed E-state index contributed by atoms with van der Waals surface area (Å²) in [7, 11) is 0. The normalized spacial score (nSPS) is 13.6. The second kappa shape index (κ2) is 16.9. The van der Waals surface area contributed by atoms with Gasteiger partial charge in [-0.3, -0.25) is 19.2 Å². The predicted octanol–water partition coefficient (Wildman–Crippen LogP) is 6.94. The highest BCUT2D eigenvalue weighted by Gasteiger charge is 2.25. The van der Waals surface area contributed by atoms with Crippen LogP contribution in [0.25, 0.3) is 6.08 Å². The number of rotatable bonds is 16. The average Bonchev–Trinajstić information content (AvgIpc) is 2.92. The van der Waals surface area contributed by atoms with Crippen molar-refractivity contribution < 1.29 is 43.2 Å². The number of ether oxygens (including phenoxy) is 4. The number of carboxylic acid groups (broad SMARTS) is 1. The third-order valence-electron chi connectivity index (χ3n) is 7.37. The Labute approximate surface area is 266 Å². The molecular weight excluding hydrogens is 576 g/mol. The van der Waals surface area contributed by atoms with Crippen LogP contribution in [0.5, 0.6) is 5.75 Å². The number of benzene rings is 2. The molecule has 0 aliphatic rings. The Balaban J connectivity index is 2.49. The minimum Gasteiger partial charge on any atom is -0.481 e. The lowest BCUT2D eigenvalue weighted by Crippen LogP contribution is -2.28. The van der Waals surface area contributed by atoms with Crippen LogP contribution >= 0.6 is 0 Å². The molecule has 0 spiro atoms. The van der Waals surface area contributed by atoms with Gasteiger partial charge < -0.3 is 24.1 Å². The van der Waals surface area contributed by atoms with E-state index in [2.05, 4.69) is 6.92 Å². The minimum atomic E-state index is -0.976. The fourth-order valence-corrected chi connectivity index (χ4v) is 4.95. The highest BCUT2D eigenvalue weighted by molar-refractivity contribution is 5.77. The largest absolute Gasteiger partial charge is 0.481 e. The summed E-state index contributed by atoms with van der Waals surface area (Å²) >= 11 is 0. The molecule has 0 amide bonds. The van der Waals surface area contributed by atoms with Crippen molar-refractivity contribution in [3.05, 3.63) is 69.8 Å². The number of aryl methyl sites for hydroxylation is 2. The van der Waals surface area contributed by atoms with Gasteiger partial charge in [-0.15, -0.1) is 0 Å². The topological polar surface area (TPSA) is 125 Å². The summed E-state index contributed by atoms with van der Waals surface area (Å²) in [5, 5.41) is 9.42. The van der Waals surface area contributed by atoms with Crippen LogP contribution in [0.3, 0.4) is 0 Å².